The number of rotatable bonds is 47. The Labute approximate surface area is 390 Å². The second-order valence-electron chi connectivity index (χ2n) is 19.4. The lowest BCUT2D eigenvalue weighted by molar-refractivity contribution is 0.137. The van der Waals surface area contributed by atoms with Gasteiger partial charge in [0.25, 0.3) is 0 Å². The average molecular weight is 884 g/mol. The molecule has 0 unspecified atom stereocenters. The Morgan fingerprint density at radius 3 is 0.516 bits per heavy atom. The largest absolute Gasteiger partial charge is 0.308 e. The van der Waals surface area contributed by atoms with Crippen molar-refractivity contribution in [3.05, 3.63) is 0 Å². The SMILES string of the molecule is CCCN(C)CCN(C)CCN(CCN(C)CCN(CCN(C)C)CCN(CCN(C)CCN(C)CCC)CCN(CCC)CCN(CCC)CCC)CCN(CCC)CCC. The van der Waals surface area contributed by atoms with E-state index in [0.717, 1.165) is 118 Å². The Kier molecular flexibility index (Phi) is 41.6. The Balaban J connectivity index is 5.70. The minimum absolute atomic E-state index is 1.11. The molecule has 12 heteroatoms. The van der Waals surface area contributed by atoms with Gasteiger partial charge in [-0.3, -0.25) is 14.7 Å². The van der Waals surface area contributed by atoms with Gasteiger partial charge in [0.2, 0.25) is 0 Å². The third-order valence-electron chi connectivity index (χ3n) is 12.6. The molecule has 12 nitrogen and oxygen atoms in total. The zero-order valence-corrected chi connectivity index (χ0v) is 44.8. The second kappa shape index (κ2) is 41.9. The second-order valence-corrected chi connectivity index (χ2v) is 19.4. The van der Waals surface area contributed by atoms with Gasteiger partial charge in [0.05, 0.1) is 0 Å². The Hall–Kier alpha value is -0.480. The van der Waals surface area contributed by atoms with Crippen LogP contribution in [0.15, 0.2) is 0 Å². The standard InChI is InChI=1S/C50H114N12/c1-15-22-52(10)30-32-54(12)34-40-61(47-44-58(26-19-5)27-20-6)41-37-56(14)36-39-60(38-29-51(8)9)49-50-62(42-35-55(13)33-31-53(11)23-16-2)48-46-59(28-21-7)45-43-57(24-17-3)25-18-4/h15-50H2,1-14H3. The predicted octanol–water partition coefficient (Wildman–Crippen LogP) is 4.89. The van der Waals surface area contributed by atoms with E-state index in [4.69, 9.17) is 0 Å². The van der Waals surface area contributed by atoms with Crippen LogP contribution < -0.4 is 0 Å². The van der Waals surface area contributed by atoms with E-state index in [0.29, 0.717) is 0 Å². The molecule has 374 valence electrons. The molecule has 0 aromatic rings. The number of hydrogen-bond acceptors (Lipinski definition) is 12. The molecule has 0 aliphatic carbocycles. The fraction of sp³-hybridized carbons (Fsp3) is 1.00. The van der Waals surface area contributed by atoms with Crippen molar-refractivity contribution in [3.63, 3.8) is 0 Å². The molecule has 62 heavy (non-hydrogen) atoms. The topological polar surface area (TPSA) is 38.9 Å². The number of nitrogens with zero attached hydrogens (tertiary/aromatic N) is 12. The van der Waals surface area contributed by atoms with Crippen LogP contribution in [0.5, 0.6) is 0 Å². The van der Waals surface area contributed by atoms with Crippen LogP contribution in [0.1, 0.15) is 93.4 Å². The van der Waals surface area contributed by atoms with E-state index < -0.39 is 0 Å². The van der Waals surface area contributed by atoms with Crippen molar-refractivity contribution in [1.82, 2.24) is 58.8 Å². The van der Waals surface area contributed by atoms with Crippen molar-refractivity contribution >= 4 is 0 Å². The van der Waals surface area contributed by atoms with Gasteiger partial charge in [-0.1, -0.05) is 48.5 Å². The Morgan fingerprint density at radius 1 is 0.161 bits per heavy atom. The van der Waals surface area contributed by atoms with Crippen LogP contribution in [0.3, 0.4) is 0 Å². The first-order valence-corrected chi connectivity index (χ1v) is 26.3. The summed E-state index contributed by atoms with van der Waals surface area (Å²) in [6, 6.07) is 0. The first-order valence-electron chi connectivity index (χ1n) is 26.3. The quantitative estimate of drug-likeness (QED) is 0.0837. The summed E-state index contributed by atoms with van der Waals surface area (Å²) in [5, 5.41) is 0. The highest BCUT2D eigenvalue weighted by molar-refractivity contribution is 4.73. The monoisotopic (exact) mass is 883 g/mol. The summed E-state index contributed by atoms with van der Waals surface area (Å²) in [5.74, 6) is 0. The summed E-state index contributed by atoms with van der Waals surface area (Å²) in [6.45, 7) is 49.9. The lowest BCUT2D eigenvalue weighted by Crippen LogP contribution is -2.46. The van der Waals surface area contributed by atoms with Crippen molar-refractivity contribution < 1.29 is 0 Å². The Bertz CT molecular complexity index is 918. The molecular formula is C50H114N12. The highest BCUT2D eigenvalue weighted by atomic mass is 15.3. The molecule has 0 heterocycles. The molecule has 0 N–H and O–H groups in total. The van der Waals surface area contributed by atoms with Gasteiger partial charge in [-0.15, -0.1) is 0 Å². The van der Waals surface area contributed by atoms with E-state index in [-0.39, 0.29) is 0 Å². The minimum Gasteiger partial charge on any atom is -0.308 e. The molecule has 0 amide bonds. The predicted molar refractivity (Wildman–Crippen MR) is 277 cm³/mol. The minimum atomic E-state index is 1.11. The summed E-state index contributed by atoms with van der Waals surface area (Å²) >= 11 is 0. The normalized spacial score (nSPS) is 12.9. The van der Waals surface area contributed by atoms with Crippen LogP contribution in [0.25, 0.3) is 0 Å². The van der Waals surface area contributed by atoms with Gasteiger partial charge in [-0.05, 0) is 140 Å². The van der Waals surface area contributed by atoms with E-state index >= 15 is 0 Å². The van der Waals surface area contributed by atoms with E-state index in [2.05, 4.69) is 157 Å². The molecule has 0 fully saturated rings. The molecule has 0 aromatic heterocycles. The fourth-order valence-corrected chi connectivity index (χ4v) is 8.32. The van der Waals surface area contributed by atoms with Crippen LogP contribution in [0.4, 0.5) is 0 Å². The van der Waals surface area contributed by atoms with Gasteiger partial charge in [0, 0.05) is 144 Å². The highest BCUT2D eigenvalue weighted by Gasteiger charge is 2.16. The van der Waals surface area contributed by atoms with E-state index in [1.165, 1.54) is 117 Å². The molecule has 0 aliphatic heterocycles. The molecular weight excluding hydrogens is 769 g/mol. The smallest absolute Gasteiger partial charge is 0.0110 e. The molecule has 0 saturated carbocycles. The van der Waals surface area contributed by atoms with Gasteiger partial charge in [0.1, 0.15) is 0 Å². The van der Waals surface area contributed by atoms with Gasteiger partial charge in [-0.2, -0.15) is 0 Å². The van der Waals surface area contributed by atoms with Crippen LogP contribution in [-0.2, 0) is 0 Å². The maximum Gasteiger partial charge on any atom is 0.0110 e. The molecule has 0 aromatic carbocycles. The summed E-state index contributed by atoms with van der Waals surface area (Å²) in [4.78, 5) is 31.5. The number of likely N-dealkylation sites (N-methyl/N-ethyl adjacent to an activating group) is 6. The Morgan fingerprint density at radius 2 is 0.306 bits per heavy atom. The van der Waals surface area contributed by atoms with Gasteiger partial charge in [-0.25, -0.2) is 0 Å². The summed E-state index contributed by atoms with van der Waals surface area (Å²) in [6.07, 6.45) is 8.64. The molecule has 0 spiro atoms. The van der Waals surface area contributed by atoms with Crippen LogP contribution in [0.2, 0.25) is 0 Å². The van der Waals surface area contributed by atoms with E-state index in [9.17, 15) is 0 Å². The van der Waals surface area contributed by atoms with E-state index in [1.54, 1.807) is 0 Å². The molecule has 0 saturated heterocycles. The van der Waals surface area contributed by atoms with E-state index in [1.807, 2.05) is 0 Å². The lowest BCUT2D eigenvalue weighted by Gasteiger charge is -2.33. The zero-order chi connectivity index (χ0) is 46.4. The summed E-state index contributed by atoms with van der Waals surface area (Å²) < 4.78 is 0. The molecule has 0 atom stereocenters. The van der Waals surface area contributed by atoms with Crippen molar-refractivity contribution in [2.24, 2.45) is 0 Å². The maximum absolute atomic E-state index is 2.80. The maximum atomic E-state index is 2.80. The fourth-order valence-electron chi connectivity index (χ4n) is 8.32. The zero-order valence-electron chi connectivity index (χ0n) is 44.8. The highest BCUT2D eigenvalue weighted by Crippen LogP contribution is 2.04. The summed E-state index contributed by atoms with van der Waals surface area (Å²) in [5.41, 5.74) is 0. The van der Waals surface area contributed by atoms with Crippen LogP contribution in [-0.4, -0.2) is 298 Å². The number of hydrogen-bond donors (Lipinski definition) is 0. The van der Waals surface area contributed by atoms with Crippen LogP contribution >= 0.6 is 0 Å². The lowest BCUT2D eigenvalue weighted by atomic mass is 10.3. The van der Waals surface area contributed by atoms with Crippen molar-refractivity contribution in [2.75, 3.05) is 239 Å². The van der Waals surface area contributed by atoms with Gasteiger partial charge in [0.15, 0.2) is 0 Å². The van der Waals surface area contributed by atoms with Crippen molar-refractivity contribution in [2.45, 2.75) is 93.4 Å². The first-order chi connectivity index (χ1) is 29.8. The molecule has 0 bridgehead atoms. The third-order valence-corrected chi connectivity index (χ3v) is 12.6. The average Bonchev–Trinajstić information content (AvgIpc) is 3.24. The molecule has 0 rings (SSSR count). The molecule has 0 aliphatic rings. The first kappa shape index (κ1) is 61.5. The third kappa shape index (κ3) is 35.7. The van der Waals surface area contributed by atoms with Gasteiger partial charge >= 0.3 is 0 Å². The van der Waals surface area contributed by atoms with Crippen LogP contribution in [0, 0.1) is 0 Å². The van der Waals surface area contributed by atoms with Gasteiger partial charge < -0.3 is 44.1 Å². The van der Waals surface area contributed by atoms with Crippen molar-refractivity contribution in [1.29, 1.82) is 0 Å². The van der Waals surface area contributed by atoms with Crippen molar-refractivity contribution in [3.8, 4) is 0 Å². The summed E-state index contributed by atoms with van der Waals surface area (Å²) in [7, 11) is 16.0. The molecule has 0 radical (unpaired) electrons.